The number of phenolic OH excluding ortho intramolecular Hbond substituents is 1. The van der Waals surface area contributed by atoms with Gasteiger partial charge in [0.2, 0.25) is 0 Å². The number of ether oxygens (including phenoxy) is 2. The fourth-order valence-electron chi connectivity index (χ4n) is 2.46. The molecule has 3 aromatic rings. The summed E-state index contributed by atoms with van der Waals surface area (Å²) in [6, 6.07) is 12.3. The second kappa shape index (κ2) is 5.96. The first-order valence-electron chi connectivity index (χ1n) is 6.98. The van der Waals surface area contributed by atoms with Crippen molar-refractivity contribution in [3.05, 3.63) is 54.2 Å². The van der Waals surface area contributed by atoms with Gasteiger partial charge < -0.3 is 14.6 Å². The highest BCUT2D eigenvalue weighted by Crippen LogP contribution is 2.34. The molecule has 0 atom stereocenters. The maximum absolute atomic E-state index is 11.8. The second-order valence-electron chi connectivity index (χ2n) is 5.01. The van der Waals surface area contributed by atoms with Crippen LogP contribution in [0.1, 0.15) is 10.4 Å². The predicted octanol–water partition coefficient (Wildman–Crippen LogP) is 3.40. The van der Waals surface area contributed by atoms with E-state index in [0.29, 0.717) is 16.8 Å². The van der Waals surface area contributed by atoms with Gasteiger partial charge in [-0.05, 0) is 35.4 Å². The Morgan fingerprint density at radius 2 is 1.96 bits per heavy atom. The lowest BCUT2D eigenvalue weighted by atomic mass is 9.99. The van der Waals surface area contributed by atoms with Gasteiger partial charge in [-0.1, -0.05) is 12.1 Å². The Morgan fingerprint density at radius 1 is 1.13 bits per heavy atom. The molecule has 0 bridgehead atoms. The quantitative estimate of drug-likeness (QED) is 0.751. The number of esters is 1. The lowest BCUT2D eigenvalue weighted by Gasteiger charge is -2.11. The van der Waals surface area contributed by atoms with Crippen molar-refractivity contribution < 1.29 is 19.4 Å². The van der Waals surface area contributed by atoms with Crippen molar-refractivity contribution in [2.75, 3.05) is 14.2 Å². The lowest BCUT2D eigenvalue weighted by Crippen LogP contribution is -2.02. The Morgan fingerprint density at radius 3 is 2.65 bits per heavy atom. The number of nitrogens with zero attached hydrogens (tertiary/aromatic N) is 1. The van der Waals surface area contributed by atoms with E-state index in [2.05, 4.69) is 4.98 Å². The molecule has 3 rings (SSSR count). The van der Waals surface area contributed by atoms with E-state index < -0.39 is 5.97 Å². The number of fused-ring (bicyclic) bond motifs is 1. The van der Waals surface area contributed by atoms with E-state index in [9.17, 15) is 9.90 Å². The first-order chi connectivity index (χ1) is 11.1. The fraction of sp³-hybridized carbons (Fsp3) is 0.111. The number of benzene rings is 2. The number of hydrogen-bond donors (Lipinski definition) is 1. The Kier molecular flexibility index (Phi) is 3.85. The molecule has 0 spiro atoms. The molecule has 5 heteroatoms. The van der Waals surface area contributed by atoms with E-state index in [0.717, 1.165) is 16.5 Å². The van der Waals surface area contributed by atoms with Crippen molar-refractivity contribution >= 4 is 16.9 Å². The molecular formula is C18H15NO4. The zero-order valence-corrected chi connectivity index (χ0v) is 12.7. The zero-order chi connectivity index (χ0) is 16.4. The van der Waals surface area contributed by atoms with E-state index >= 15 is 0 Å². The molecule has 0 fully saturated rings. The van der Waals surface area contributed by atoms with Gasteiger partial charge in [-0.25, -0.2) is 4.79 Å². The van der Waals surface area contributed by atoms with Gasteiger partial charge in [-0.2, -0.15) is 0 Å². The van der Waals surface area contributed by atoms with Gasteiger partial charge in [0.05, 0.1) is 25.3 Å². The first-order valence-corrected chi connectivity index (χ1v) is 6.98. The average Bonchev–Trinajstić information content (AvgIpc) is 2.59. The molecular weight excluding hydrogens is 294 g/mol. The van der Waals surface area contributed by atoms with Crippen LogP contribution in [-0.4, -0.2) is 30.3 Å². The Hall–Kier alpha value is -3.08. The molecule has 0 unspecified atom stereocenters. The van der Waals surface area contributed by atoms with Gasteiger partial charge in [0, 0.05) is 17.6 Å². The number of phenols is 1. The summed E-state index contributed by atoms with van der Waals surface area (Å²) in [5.74, 6) is 0.363. The minimum Gasteiger partial charge on any atom is -0.508 e. The standard InChI is InChI=1S/C18H15NO4/c1-22-14-8-15(11-4-3-5-13(20)6-11)16-7-12(18(21)23-2)10-19-17(16)9-14/h3-10,20H,1-2H3. The van der Waals surface area contributed by atoms with Crippen molar-refractivity contribution in [2.45, 2.75) is 0 Å². The third-order valence-electron chi connectivity index (χ3n) is 3.59. The number of carbonyl (C=O) groups is 1. The summed E-state index contributed by atoms with van der Waals surface area (Å²) < 4.78 is 10.1. The van der Waals surface area contributed by atoms with Crippen LogP contribution in [0.5, 0.6) is 11.5 Å². The van der Waals surface area contributed by atoms with Crippen LogP contribution in [0.4, 0.5) is 0 Å². The summed E-state index contributed by atoms with van der Waals surface area (Å²) in [4.78, 5) is 16.1. The first kappa shape index (κ1) is 14.8. The summed E-state index contributed by atoms with van der Waals surface area (Å²) in [5.41, 5.74) is 2.67. The average molecular weight is 309 g/mol. The van der Waals surface area contributed by atoms with E-state index in [-0.39, 0.29) is 5.75 Å². The molecule has 1 N–H and O–H groups in total. The predicted molar refractivity (Wildman–Crippen MR) is 86.7 cm³/mol. The van der Waals surface area contributed by atoms with E-state index in [1.54, 1.807) is 37.4 Å². The molecule has 23 heavy (non-hydrogen) atoms. The van der Waals surface area contributed by atoms with Gasteiger partial charge in [0.15, 0.2) is 0 Å². The molecule has 0 radical (unpaired) electrons. The summed E-state index contributed by atoms with van der Waals surface area (Å²) in [7, 11) is 2.91. The van der Waals surface area contributed by atoms with Crippen molar-refractivity contribution in [1.29, 1.82) is 0 Å². The van der Waals surface area contributed by atoms with Crippen molar-refractivity contribution in [3.63, 3.8) is 0 Å². The van der Waals surface area contributed by atoms with E-state index in [1.807, 2.05) is 12.1 Å². The van der Waals surface area contributed by atoms with Crippen LogP contribution in [0.25, 0.3) is 22.0 Å². The minimum atomic E-state index is -0.447. The largest absolute Gasteiger partial charge is 0.508 e. The summed E-state index contributed by atoms with van der Waals surface area (Å²) in [6.07, 6.45) is 1.47. The van der Waals surface area contributed by atoms with E-state index in [1.165, 1.54) is 13.3 Å². The molecule has 0 aliphatic rings. The van der Waals surface area contributed by atoms with Crippen LogP contribution < -0.4 is 4.74 Å². The van der Waals surface area contributed by atoms with E-state index in [4.69, 9.17) is 9.47 Å². The molecule has 1 heterocycles. The van der Waals surface area contributed by atoms with Crippen LogP contribution >= 0.6 is 0 Å². The molecule has 0 aliphatic heterocycles. The minimum absolute atomic E-state index is 0.163. The van der Waals surface area contributed by atoms with Gasteiger partial charge >= 0.3 is 5.97 Å². The molecule has 1 aromatic heterocycles. The Labute approximate surface area is 133 Å². The van der Waals surface area contributed by atoms with Crippen LogP contribution in [0.3, 0.4) is 0 Å². The molecule has 0 saturated carbocycles. The summed E-state index contributed by atoms with van der Waals surface area (Å²) in [6.45, 7) is 0. The highest BCUT2D eigenvalue weighted by Gasteiger charge is 2.13. The number of pyridine rings is 1. The van der Waals surface area contributed by atoms with Crippen LogP contribution in [-0.2, 0) is 4.74 Å². The third-order valence-corrected chi connectivity index (χ3v) is 3.59. The molecule has 5 nitrogen and oxygen atoms in total. The Bertz CT molecular complexity index is 889. The monoisotopic (exact) mass is 309 g/mol. The smallest absolute Gasteiger partial charge is 0.339 e. The zero-order valence-electron chi connectivity index (χ0n) is 12.7. The van der Waals surface area contributed by atoms with Crippen molar-refractivity contribution in [2.24, 2.45) is 0 Å². The highest BCUT2D eigenvalue weighted by atomic mass is 16.5. The fourth-order valence-corrected chi connectivity index (χ4v) is 2.46. The number of aromatic hydroxyl groups is 1. The molecule has 116 valence electrons. The third kappa shape index (κ3) is 2.81. The number of hydrogen-bond acceptors (Lipinski definition) is 5. The van der Waals surface area contributed by atoms with Gasteiger partial charge in [0.1, 0.15) is 11.5 Å². The summed E-state index contributed by atoms with van der Waals surface area (Å²) in [5, 5.41) is 10.5. The second-order valence-corrected chi connectivity index (χ2v) is 5.01. The molecule has 0 amide bonds. The highest BCUT2D eigenvalue weighted by molar-refractivity contribution is 6.00. The maximum Gasteiger partial charge on any atom is 0.339 e. The van der Waals surface area contributed by atoms with Gasteiger partial charge in [-0.3, -0.25) is 4.98 Å². The molecule has 0 saturated heterocycles. The normalized spacial score (nSPS) is 10.5. The van der Waals surface area contributed by atoms with Gasteiger partial charge in [0.25, 0.3) is 0 Å². The number of methoxy groups -OCH3 is 2. The lowest BCUT2D eigenvalue weighted by molar-refractivity contribution is 0.0600. The maximum atomic E-state index is 11.8. The van der Waals surface area contributed by atoms with Gasteiger partial charge in [-0.15, -0.1) is 0 Å². The molecule has 0 aliphatic carbocycles. The SMILES string of the molecule is COC(=O)c1cnc2cc(OC)cc(-c3cccc(O)c3)c2c1. The Balaban J connectivity index is 2.30. The van der Waals surface area contributed by atoms with Crippen LogP contribution in [0, 0.1) is 0 Å². The molecule has 2 aromatic carbocycles. The number of rotatable bonds is 3. The number of aromatic nitrogens is 1. The van der Waals surface area contributed by atoms with Crippen molar-refractivity contribution in [1.82, 2.24) is 4.98 Å². The van der Waals surface area contributed by atoms with Crippen LogP contribution in [0.2, 0.25) is 0 Å². The topological polar surface area (TPSA) is 68.7 Å². The van der Waals surface area contributed by atoms with Crippen molar-refractivity contribution in [3.8, 4) is 22.6 Å². The van der Waals surface area contributed by atoms with Crippen LogP contribution in [0.15, 0.2) is 48.7 Å². The summed E-state index contributed by atoms with van der Waals surface area (Å²) >= 11 is 0. The number of carbonyl (C=O) groups excluding carboxylic acids is 1.